The molecule has 3 heterocycles. The number of thiophene rings is 1. The summed E-state index contributed by atoms with van der Waals surface area (Å²) >= 11 is 1.76. The van der Waals surface area contributed by atoms with Crippen molar-refractivity contribution in [3.8, 4) is 10.4 Å². The minimum atomic E-state index is -0.163. The Hall–Kier alpha value is -2.66. The van der Waals surface area contributed by atoms with E-state index in [1.165, 1.54) is 15.0 Å². The zero-order chi connectivity index (χ0) is 17.7. The third-order valence-corrected chi connectivity index (χ3v) is 6.52. The lowest BCUT2D eigenvalue weighted by Gasteiger charge is -2.47. The highest BCUT2D eigenvalue weighted by molar-refractivity contribution is 7.22. The van der Waals surface area contributed by atoms with Gasteiger partial charge in [0.1, 0.15) is 0 Å². The topological polar surface area (TPSA) is 49.4 Å². The van der Waals surface area contributed by atoms with Crippen molar-refractivity contribution in [1.29, 1.82) is 0 Å². The molecule has 1 aromatic heterocycles. The molecule has 2 aliphatic heterocycles. The minimum absolute atomic E-state index is 0.0414. The van der Waals surface area contributed by atoms with Crippen molar-refractivity contribution in [3.05, 3.63) is 60.2 Å². The number of rotatable bonds is 2. The Bertz CT molecular complexity index is 983. The summed E-state index contributed by atoms with van der Waals surface area (Å²) in [5, 5.41) is 4.26. The first-order chi connectivity index (χ1) is 12.6. The number of hydrogen-bond acceptors (Lipinski definition) is 3. The Morgan fingerprint density at radius 2 is 1.85 bits per heavy atom. The first-order valence-corrected chi connectivity index (χ1v) is 9.63. The largest absolute Gasteiger partial charge is 0.347 e. The number of nitrogens with one attached hydrogen (secondary N) is 1. The standard InChI is InChI=1S/C21H18N2O2S/c24-19-9-10-21(22-19)12-23(13-21)20(25)15-7-5-14(6-8-15)18-11-16-3-1-2-4-17(16)26-18/h1-8,11H,9-10,12-13H2,(H,22,24). The molecule has 130 valence electrons. The number of hydrogen-bond donors (Lipinski definition) is 1. The van der Waals surface area contributed by atoms with Gasteiger partial charge in [-0.2, -0.15) is 0 Å². The van der Waals surface area contributed by atoms with Crippen molar-refractivity contribution in [2.75, 3.05) is 13.1 Å². The second-order valence-electron chi connectivity index (χ2n) is 7.22. The summed E-state index contributed by atoms with van der Waals surface area (Å²) in [6.45, 7) is 1.24. The van der Waals surface area contributed by atoms with Crippen LogP contribution in [0.4, 0.5) is 0 Å². The van der Waals surface area contributed by atoms with E-state index in [-0.39, 0.29) is 17.4 Å². The van der Waals surface area contributed by atoms with Crippen LogP contribution in [-0.2, 0) is 4.79 Å². The van der Waals surface area contributed by atoms with Crippen molar-refractivity contribution in [2.24, 2.45) is 0 Å². The number of fused-ring (bicyclic) bond motifs is 1. The molecule has 1 N–H and O–H groups in total. The molecule has 2 amide bonds. The van der Waals surface area contributed by atoms with E-state index in [0.717, 1.165) is 12.0 Å². The summed E-state index contributed by atoms with van der Waals surface area (Å²) in [4.78, 5) is 27.1. The van der Waals surface area contributed by atoms with Crippen LogP contribution in [0.25, 0.3) is 20.5 Å². The number of carbonyl (C=O) groups is 2. The van der Waals surface area contributed by atoms with Gasteiger partial charge in [-0.25, -0.2) is 0 Å². The third kappa shape index (κ3) is 2.51. The monoisotopic (exact) mass is 362 g/mol. The van der Waals surface area contributed by atoms with Crippen LogP contribution in [0, 0.1) is 0 Å². The van der Waals surface area contributed by atoms with E-state index in [2.05, 4.69) is 29.6 Å². The molecule has 0 radical (unpaired) electrons. The van der Waals surface area contributed by atoms with Crippen molar-refractivity contribution in [3.63, 3.8) is 0 Å². The molecule has 1 spiro atoms. The molecule has 2 aliphatic rings. The van der Waals surface area contributed by atoms with Crippen LogP contribution in [0.2, 0.25) is 0 Å². The molecule has 0 atom stereocenters. The molecular formula is C21H18N2O2S. The fourth-order valence-corrected chi connectivity index (χ4v) is 4.99. The highest BCUT2D eigenvalue weighted by atomic mass is 32.1. The molecule has 5 heteroatoms. The van der Waals surface area contributed by atoms with E-state index in [4.69, 9.17) is 0 Å². The second kappa shape index (κ2) is 5.68. The number of amides is 2. The van der Waals surface area contributed by atoms with Crippen LogP contribution < -0.4 is 5.32 Å². The highest BCUT2D eigenvalue weighted by Crippen LogP contribution is 2.34. The minimum Gasteiger partial charge on any atom is -0.347 e. The van der Waals surface area contributed by atoms with Gasteiger partial charge in [0, 0.05) is 34.7 Å². The van der Waals surface area contributed by atoms with E-state index in [9.17, 15) is 9.59 Å². The molecule has 4 nitrogen and oxygen atoms in total. The van der Waals surface area contributed by atoms with Gasteiger partial charge in [-0.1, -0.05) is 30.3 Å². The molecule has 2 fully saturated rings. The van der Waals surface area contributed by atoms with E-state index >= 15 is 0 Å². The van der Waals surface area contributed by atoms with Gasteiger partial charge < -0.3 is 10.2 Å². The quantitative estimate of drug-likeness (QED) is 0.756. The normalized spacial score (nSPS) is 18.2. The van der Waals surface area contributed by atoms with Crippen molar-refractivity contribution < 1.29 is 9.59 Å². The summed E-state index contributed by atoms with van der Waals surface area (Å²) in [6.07, 6.45) is 1.41. The summed E-state index contributed by atoms with van der Waals surface area (Å²) in [5.41, 5.74) is 1.67. The smallest absolute Gasteiger partial charge is 0.254 e. The van der Waals surface area contributed by atoms with Crippen molar-refractivity contribution >= 4 is 33.2 Å². The molecular weight excluding hydrogens is 344 g/mol. The zero-order valence-electron chi connectivity index (χ0n) is 14.2. The molecule has 0 aliphatic carbocycles. The number of nitrogens with zero attached hydrogens (tertiary/aromatic N) is 1. The van der Waals surface area contributed by atoms with Crippen LogP contribution >= 0.6 is 11.3 Å². The van der Waals surface area contributed by atoms with Gasteiger partial charge in [0.25, 0.3) is 5.91 Å². The van der Waals surface area contributed by atoms with E-state index in [1.807, 2.05) is 35.2 Å². The Balaban J connectivity index is 1.32. The number of carbonyl (C=O) groups excluding carboxylic acids is 2. The predicted molar refractivity (Wildman–Crippen MR) is 103 cm³/mol. The SMILES string of the molecule is O=C1CCC2(CN(C(=O)c3ccc(-c4cc5ccccc5s4)cc3)C2)N1. The fourth-order valence-electron chi connectivity index (χ4n) is 3.92. The second-order valence-corrected chi connectivity index (χ2v) is 8.30. The fraction of sp³-hybridized carbons (Fsp3) is 0.238. The van der Waals surface area contributed by atoms with Crippen LogP contribution in [0.5, 0.6) is 0 Å². The molecule has 0 saturated carbocycles. The lowest BCUT2D eigenvalue weighted by molar-refractivity contribution is -0.120. The Morgan fingerprint density at radius 1 is 1.08 bits per heavy atom. The summed E-state index contributed by atoms with van der Waals surface area (Å²) < 4.78 is 1.27. The molecule has 0 bridgehead atoms. The number of likely N-dealkylation sites (tertiary alicyclic amines) is 1. The van der Waals surface area contributed by atoms with Gasteiger partial charge in [0.2, 0.25) is 5.91 Å². The first-order valence-electron chi connectivity index (χ1n) is 8.81. The van der Waals surface area contributed by atoms with Gasteiger partial charge in [0.05, 0.1) is 5.54 Å². The third-order valence-electron chi connectivity index (χ3n) is 5.35. The molecule has 5 rings (SSSR count). The maximum absolute atomic E-state index is 12.7. The van der Waals surface area contributed by atoms with E-state index in [0.29, 0.717) is 25.1 Å². The average Bonchev–Trinajstić information content (AvgIpc) is 3.23. The van der Waals surface area contributed by atoms with Gasteiger partial charge in [-0.15, -0.1) is 11.3 Å². The molecule has 3 aromatic rings. The zero-order valence-corrected chi connectivity index (χ0v) is 15.0. The van der Waals surface area contributed by atoms with Crippen LogP contribution in [0.15, 0.2) is 54.6 Å². The van der Waals surface area contributed by atoms with E-state index < -0.39 is 0 Å². The lowest BCUT2D eigenvalue weighted by atomic mass is 9.87. The van der Waals surface area contributed by atoms with Crippen LogP contribution in [-0.4, -0.2) is 35.3 Å². The van der Waals surface area contributed by atoms with Crippen molar-refractivity contribution in [1.82, 2.24) is 10.2 Å². The summed E-state index contributed by atoms with van der Waals surface area (Å²) in [7, 11) is 0. The number of benzene rings is 2. The van der Waals surface area contributed by atoms with Crippen molar-refractivity contribution in [2.45, 2.75) is 18.4 Å². The Labute approximate surface area is 155 Å². The van der Waals surface area contributed by atoms with Gasteiger partial charge in [0.15, 0.2) is 0 Å². The highest BCUT2D eigenvalue weighted by Gasteiger charge is 2.49. The maximum atomic E-state index is 12.7. The summed E-state index contributed by atoms with van der Waals surface area (Å²) in [6, 6.07) is 18.4. The Morgan fingerprint density at radius 3 is 2.54 bits per heavy atom. The van der Waals surface area contributed by atoms with Crippen LogP contribution in [0.3, 0.4) is 0 Å². The first kappa shape index (κ1) is 15.6. The van der Waals surface area contributed by atoms with E-state index in [1.54, 1.807) is 11.3 Å². The predicted octanol–water partition coefficient (Wildman–Crippen LogP) is 3.67. The molecule has 2 saturated heterocycles. The Kier molecular flexibility index (Phi) is 3.40. The molecule has 26 heavy (non-hydrogen) atoms. The molecule has 2 aromatic carbocycles. The van der Waals surface area contributed by atoms with Gasteiger partial charge in [-0.05, 0) is 41.6 Å². The lowest BCUT2D eigenvalue weighted by Crippen LogP contribution is -2.68. The van der Waals surface area contributed by atoms with Gasteiger partial charge in [-0.3, -0.25) is 9.59 Å². The van der Waals surface area contributed by atoms with Crippen LogP contribution in [0.1, 0.15) is 23.2 Å². The molecule has 0 unspecified atom stereocenters. The summed E-state index contributed by atoms with van der Waals surface area (Å²) in [5.74, 6) is 0.143. The average molecular weight is 362 g/mol. The maximum Gasteiger partial charge on any atom is 0.254 e. The van der Waals surface area contributed by atoms with Gasteiger partial charge >= 0.3 is 0 Å².